The molecule has 0 bridgehead atoms. The largest absolute Gasteiger partial charge is 0.508 e. The Bertz CT molecular complexity index is 672. The predicted octanol–water partition coefficient (Wildman–Crippen LogP) is 3.20. The molecule has 4 nitrogen and oxygen atoms in total. The highest BCUT2D eigenvalue weighted by atomic mass is 32.1. The van der Waals surface area contributed by atoms with Gasteiger partial charge in [0, 0.05) is 17.5 Å². The van der Waals surface area contributed by atoms with E-state index in [0.29, 0.717) is 24.9 Å². The third-order valence-electron chi connectivity index (χ3n) is 4.68. The molecule has 0 saturated carbocycles. The van der Waals surface area contributed by atoms with Crippen molar-refractivity contribution in [1.82, 2.24) is 10.2 Å². The summed E-state index contributed by atoms with van der Waals surface area (Å²) in [7, 11) is 2.17. The topological polar surface area (TPSA) is 52.6 Å². The zero-order valence-electron chi connectivity index (χ0n) is 13.9. The Balaban J connectivity index is 1.59. The van der Waals surface area contributed by atoms with E-state index in [9.17, 15) is 9.90 Å². The lowest BCUT2D eigenvalue weighted by molar-refractivity contribution is -0.120. The number of piperidine rings is 1. The van der Waals surface area contributed by atoms with Crippen LogP contribution in [0.5, 0.6) is 5.75 Å². The standard InChI is InChI=1S/C19H24N2O2S/c1-21-9-3-6-15(19(21)17-8-4-10-24-17)13-20-18(23)12-14-5-2-7-16(22)11-14/h2,4-5,7-8,10-11,15,19,22H,3,6,9,12-13H2,1H3,(H,20,23). The second-order valence-electron chi connectivity index (χ2n) is 6.49. The lowest BCUT2D eigenvalue weighted by Gasteiger charge is -2.38. The highest BCUT2D eigenvalue weighted by molar-refractivity contribution is 7.10. The number of benzene rings is 1. The van der Waals surface area contributed by atoms with Crippen LogP contribution in [-0.2, 0) is 11.2 Å². The number of carbonyl (C=O) groups excluding carboxylic acids is 1. The van der Waals surface area contributed by atoms with Crippen LogP contribution in [0.4, 0.5) is 0 Å². The van der Waals surface area contributed by atoms with Crippen LogP contribution in [0, 0.1) is 5.92 Å². The molecule has 2 atom stereocenters. The molecule has 1 amide bonds. The number of likely N-dealkylation sites (tertiary alicyclic amines) is 1. The summed E-state index contributed by atoms with van der Waals surface area (Å²) in [5.74, 6) is 0.654. The maximum atomic E-state index is 12.2. The Morgan fingerprint density at radius 2 is 2.25 bits per heavy atom. The van der Waals surface area contributed by atoms with Gasteiger partial charge in [-0.3, -0.25) is 9.69 Å². The molecule has 1 saturated heterocycles. The van der Waals surface area contributed by atoms with Crippen LogP contribution in [0.1, 0.15) is 29.3 Å². The van der Waals surface area contributed by atoms with Crippen LogP contribution in [-0.4, -0.2) is 36.1 Å². The molecule has 24 heavy (non-hydrogen) atoms. The average molecular weight is 344 g/mol. The zero-order chi connectivity index (χ0) is 16.9. The van der Waals surface area contributed by atoms with Gasteiger partial charge in [0.05, 0.1) is 6.42 Å². The summed E-state index contributed by atoms with van der Waals surface area (Å²) in [6.45, 7) is 1.81. The van der Waals surface area contributed by atoms with Gasteiger partial charge in [-0.05, 0) is 61.5 Å². The zero-order valence-corrected chi connectivity index (χ0v) is 14.8. The van der Waals surface area contributed by atoms with Gasteiger partial charge in [0.2, 0.25) is 5.91 Å². The van der Waals surface area contributed by atoms with E-state index in [0.717, 1.165) is 18.5 Å². The van der Waals surface area contributed by atoms with Gasteiger partial charge >= 0.3 is 0 Å². The van der Waals surface area contributed by atoms with Gasteiger partial charge in [-0.25, -0.2) is 0 Å². The third-order valence-corrected chi connectivity index (χ3v) is 5.62. The van der Waals surface area contributed by atoms with Gasteiger partial charge < -0.3 is 10.4 Å². The molecule has 0 radical (unpaired) electrons. The maximum Gasteiger partial charge on any atom is 0.224 e. The number of hydrogen-bond acceptors (Lipinski definition) is 4. The van der Waals surface area contributed by atoms with Crippen molar-refractivity contribution >= 4 is 17.2 Å². The van der Waals surface area contributed by atoms with E-state index in [1.54, 1.807) is 29.5 Å². The lowest BCUT2D eigenvalue weighted by atomic mass is 9.88. The van der Waals surface area contributed by atoms with E-state index in [1.807, 2.05) is 6.07 Å². The van der Waals surface area contributed by atoms with Crippen LogP contribution in [0.25, 0.3) is 0 Å². The second-order valence-corrected chi connectivity index (χ2v) is 7.47. The summed E-state index contributed by atoms with van der Waals surface area (Å²) < 4.78 is 0. The highest BCUT2D eigenvalue weighted by Gasteiger charge is 2.31. The number of carbonyl (C=O) groups is 1. The van der Waals surface area contributed by atoms with Crippen molar-refractivity contribution in [3.63, 3.8) is 0 Å². The number of phenols is 1. The van der Waals surface area contributed by atoms with E-state index < -0.39 is 0 Å². The first-order valence-corrected chi connectivity index (χ1v) is 9.29. The fourth-order valence-corrected chi connectivity index (χ4v) is 4.52. The molecular weight excluding hydrogens is 320 g/mol. The Labute approximate surface area is 147 Å². The normalized spacial score (nSPS) is 21.5. The number of thiophene rings is 1. The predicted molar refractivity (Wildman–Crippen MR) is 97.2 cm³/mol. The van der Waals surface area contributed by atoms with Crippen LogP contribution in [0.15, 0.2) is 41.8 Å². The molecule has 1 aromatic heterocycles. The molecule has 0 spiro atoms. The molecule has 1 fully saturated rings. The Hall–Kier alpha value is -1.85. The summed E-state index contributed by atoms with van der Waals surface area (Å²) in [5, 5.41) is 14.7. The van der Waals surface area contributed by atoms with E-state index in [4.69, 9.17) is 0 Å². The van der Waals surface area contributed by atoms with Crippen LogP contribution >= 0.6 is 11.3 Å². The van der Waals surface area contributed by atoms with Crippen molar-refractivity contribution in [2.45, 2.75) is 25.3 Å². The fourth-order valence-electron chi connectivity index (χ4n) is 3.54. The monoisotopic (exact) mass is 344 g/mol. The van der Waals surface area contributed by atoms with Gasteiger partial charge in [0.15, 0.2) is 0 Å². The molecule has 128 valence electrons. The van der Waals surface area contributed by atoms with Crippen molar-refractivity contribution in [1.29, 1.82) is 0 Å². The summed E-state index contributed by atoms with van der Waals surface area (Å²) in [5.41, 5.74) is 0.836. The van der Waals surface area contributed by atoms with Gasteiger partial charge in [-0.15, -0.1) is 11.3 Å². The number of rotatable bonds is 5. The lowest BCUT2D eigenvalue weighted by Crippen LogP contribution is -2.41. The van der Waals surface area contributed by atoms with Crippen molar-refractivity contribution < 1.29 is 9.90 Å². The number of phenolic OH excluding ortho intramolecular Hbond substituents is 1. The first-order chi connectivity index (χ1) is 11.6. The molecule has 2 aromatic rings. The van der Waals surface area contributed by atoms with E-state index in [-0.39, 0.29) is 11.7 Å². The third kappa shape index (κ3) is 4.16. The number of hydrogen-bond donors (Lipinski definition) is 2. The van der Waals surface area contributed by atoms with Gasteiger partial charge in [0.25, 0.3) is 0 Å². The highest BCUT2D eigenvalue weighted by Crippen LogP contribution is 2.36. The van der Waals surface area contributed by atoms with E-state index >= 15 is 0 Å². The first-order valence-electron chi connectivity index (χ1n) is 8.42. The number of amides is 1. The minimum Gasteiger partial charge on any atom is -0.508 e. The SMILES string of the molecule is CN1CCCC(CNC(=O)Cc2cccc(O)c2)C1c1cccs1. The van der Waals surface area contributed by atoms with E-state index in [1.165, 1.54) is 11.3 Å². The van der Waals surface area contributed by atoms with Crippen molar-refractivity contribution in [2.24, 2.45) is 5.92 Å². The molecule has 5 heteroatoms. The van der Waals surface area contributed by atoms with Gasteiger partial charge in [-0.1, -0.05) is 18.2 Å². The van der Waals surface area contributed by atoms with Crippen LogP contribution in [0.2, 0.25) is 0 Å². The molecule has 1 aliphatic rings. The molecule has 1 aromatic carbocycles. The summed E-state index contributed by atoms with van der Waals surface area (Å²) in [4.78, 5) is 16.0. The number of nitrogens with one attached hydrogen (secondary N) is 1. The molecule has 2 N–H and O–H groups in total. The average Bonchev–Trinajstić information content (AvgIpc) is 3.07. The van der Waals surface area contributed by atoms with Crippen LogP contribution < -0.4 is 5.32 Å². The number of aromatic hydroxyl groups is 1. The maximum absolute atomic E-state index is 12.2. The second kappa shape index (κ2) is 7.81. The summed E-state index contributed by atoms with van der Waals surface area (Å²) in [6.07, 6.45) is 2.62. The van der Waals surface area contributed by atoms with Gasteiger partial charge in [-0.2, -0.15) is 0 Å². The summed E-state index contributed by atoms with van der Waals surface area (Å²) in [6, 6.07) is 11.6. The fraction of sp³-hybridized carbons (Fsp3) is 0.421. The van der Waals surface area contributed by atoms with Gasteiger partial charge in [0.1, 0.15) is 5.75 Å². The molecule has 2 heterocycles. The minimum atomic E-state index is 0.0127. The molecule has 1 aliphatic heterocycles. The quantitative estimate of drug-likeness (QED) is 0.876. The minimum absolute atomic E-state index is 0.0127. The van der Waals surface area contributed by atoms with Crippen molar-refractivity contribution in [2.75, 3.05) is 20.1 Å². The van der Waals surface area contributed by atoms with Crippen molar-refractivity contribution in [3.05, 3.63) is 52.2 Å². The molecule has 2 unspecified atom stereocenters. The Morgan fingerprint density at radius 3 is 3.00 bits per heavy atom. The number of nitrogens with zero attached hydrogens (tertiary/aromatic N) is 1. The van der Waals surface area contributed by atoms with Crippen molar-refractivity contribution in [3.8, 4) is 5.75 Å². The molecular formula is C19H24N2O2S. The van der Waals surface area contributed by atoms with Crippen LogP contribution in [0.3, 0.4) is 0 Å². The Morgan fingerprint density at radius 1 is 1.38 bits per heavy atom. The summed E-state index contributed by atoms with van der Waals surface area (Å²) >= 11 is 1.79. The molecule has 0 aliphatic carbocycles. The Kier molecular flexibility index (Phi) is 5.53. The smallest absolute Gasteiger partial charge is 0.224 e. The first kappa shape index (κ1) is 17.0. The van der Waals surface area contributed by atoms with E-state index in [2.05, 4.69) is 34.8 Å². The molecule has 3 rings (SSSR count).